The first kappa shape index (κ1) is 20.1. The Kier molecular flexibility index (Phi) is 5.79. The highest BCUT2D eigenvalue weighted by molar-refractivity contribution is 7.89. The van der Waals surface area contributed by atoms with Crippen molar-refractivity contribution in [1.82, 2.24) is 15.4 Å². The number of nitrogens with zero attached hydrogens (tertiary/aromatic N) is 1. The highest BCUT2D eigenvalue weighted by Crippen LogP contribution is 2.34. The van der Waals surface area contributed by atoms with Crippen molar-refractivity contribution in [2.45, 2.75) is 75.3 Å². The van der Waals surface area contributed by atoms with E-state index in [9.17, 15) is 8.42 Å². The molecular weight excluding hydrogens is 364 g/mol. The zero-order chi connectivity index (χ0) is 19.7. The van der Waals surface area contributed by atoms with Crippen LogP contribution in [0.3, 0.4) is 0 Å². The van der Waals surface area contributed by atoms with Gasteiger partial charge < -0.3 is 15.4 Å². The number of fused-ring (bicyclic) bond motifs is 2. The third-order valence-corrected chi connectivity index (χ3v) is 6.66. The van der Waals surface area contributed by atoms with Crippen LogP contribution in [0.1, 0.15) is 45.6 Å². The fraction of sp³-hybridized carbons (Fsp3) is 0.632. The summed E-state index contributed by atoms with van der Waals surface area (Å²) in [6.45, 7) is 5.85. The molecule has 3 N–H and O–H groups in total. The Morgan fingerprint density at radius 3 is 2.59 bits per heavy atom. The molecule has 0 aliphatic carbocycles. The summed E-state index contributed by atoms with van der Waals surface area (Å²) in [6.07, 6.45) is 3.82. The van der Waals surface area contributed by atoms with Crippen LogP contribution in [0.25, 0.3) is 0 Å². The maximum absolute atomic E-state index is 12.7. The molecule has 0 radical (unpaired) electrons. The van der Waals surface area contributed by atoms with Gasteiger partial charge in [0.25, 0.3) is 0 Å². The van der Waals surface area contributed by atoms with Crippen molar-refractivity contribution in [3.8, 4) is 0 Å². The maximum atomic E-state index is 12.7. The predicted molar refractivity (Wildman–Crippen MR) is 106 cm³/mol. The molecule has 3 unspecified atom stereocenters. The van der Waals surface area contributed by atoms with E-state index >= 15 is 0 Å². The average molecular weight is 395 g/mol. The van der Waals surface area contributed by atoms with E-state index in [1.807, 2.05) is 32.9 Å². The molecule has 0 aromatic heterocycles. The molecule has 150 valence electrons. The van der Waals surface area contributed by atoms with Gasteiger partial charge in [0.1, 0.15) is 0 Å². The molecule has 3 atom stereocenters. The molecule has 1 aromatic rings. The summed E-state index contributed by atoms with van der Waals surface area (Å²) < 4.78 is 34.1. The van der Waals surface area contributed by atoms with Crippen molar-refractivity contribution in [2.24, 2.45) is 4.99 Å². The van der Waals surface area contributed by atoms with Crippen LogP contribution in [0.5, 0.6) is 0 Å². The van der Waals surface area contributed by atoms with Crippen LogP contribution in [0.4, 0.5) is 0 Å². The Labute approximate surface area is 162 Å². The van der Waals surface area contributed by atoms with Gasteiger partial charge in [0.05, 0.1) is 23.1 Å². The first-order valence-corrected chi connectivity index (χ1v) is 10.9. The molecule has 7 nitrogen and oxygen atoms in total. The molecule has 1 aromatic carbocycles. The van der Waals surface area contributed by atoms with E-state index in [0.29, 0.717) is 24.2 Å². The zero-order valence-electron chi connectivity index (χ0n) is 16.5. The second kappa shape index (κ2) is 7.77. The molecule has 0 saturated carbocycles. The van der Waals surface area contributed by atoms with Gasteiger partial charge >= 0.3 is 0 Å². The standard InChI is InChI=1S/C19H30N4O3S/c1-19(2,3)23-27(24,25)17-8-6-5-7-13(17)12-21-18(20-4)22-15-11-14-9-10-16(15)26-14/h5-8,14-16,23H,9-12H2,1-4H3,(H2,20,21,22). The highest BCUT2D eigenvalue weighted by atomic mass is 32.2. The monoisotopic (exact) mass is 394 g/mol. The first-order valence-electron chi connectivity index (χ1n) is 9.42. The number of hydrogen-bond donors (Lipinski definition) is 3. The Bertz CT molecular complexity index is 801. The van der Waals surface area contributed by atoms with Crippen molar-refractivity contribution >= 4 is 16.0 Å². The van der Waals surface area contributed by atoms with Crippen molar-refractivity contribution in [1.29, 1.82) is 0 Å². The third-order valence-electron chi connectivity index (χ3n) is 4.80. The quantitative estimate of drug-likeness (QED) is 0.523. The number of nitrogens with one attached hydrogen (secondary N) is 3. The van der Waals surface area contributed by atoms with E-state index in [4.69, 9.17) is 4.74 Å². The minimum absolute atomic E-state index is 0.247. The van der Waals surface area contributed by atoms with Crippen molar-refractivity contribution < 1.29 is 13.2 Å². The van der Waals surface area contributed by atoms with Gasteiger partial charge in [0.2, 0.25) is 10.0 Å². The van der Waals surface area contributed by atoms with Crippen LogP contribution in [-0.2, 0) is 21.3 Å². The number of ether oxygens (including phenoxy) is 1. The Hall–Kier alpha value is -1.64. The smallest absolute Gasteiger partial charge is 0.241 e. The molecule has 2 saturated heterocycles. The van der Waals surface area contributed by atoms with Crippen LogP contribution in [-0.4, -0.2) is 45.2 Å². The van der Waals surface area contributed by atoms with Gasteiger partial charge in [-0.15, -0.1) is 0 Å². The number of sulfonamides is 1. The van der Waals surface area contributed by atoms with Crippen LogP contribution < -0.4 is 15.4 Å². The molecule has 3 rings (SSSR count). The fourth-order valence-corrected chi connectivity index (χ4v) is 5.37. The van der Waals surface area contributed by atoms with Gasteiger partial charge in [-0.1, -0.05) is 18.2 Å². The SMILES string of the molecule is CN=C(NCc1ccccc1S(=O)(=O)NC(C)(C)C)NC1CC2CCC1O2. The topological polar surface area (TPSA) is 91.8 Å². The lowest BCUT2D eigenvalue weighted by Crippen LogP contribution is -2.47. The fourth-order valence-electron chi connectivity index (χ4n) is 3.71. The Morgan fingerprint density at radius 1 is 1.26 bits per heavy atom. The van der Waals surface area contributed by atoms with E-state index in [2.05, 4.69) is 20.3 Å². The van der Waals surface area contributed by atoms with Gasteiger partial charge in [0, 0.05) is 19.1 Å². The molecule has 2 bridgehead atoms. The van der Waals surface area contributed by atoms with Gasteiger partial charge in [-0.3, -0.25) is 4.99 Å². The number of guanidine groups is 1. The molecule has 2 aliphatic rings. The lowest BCUT2D eigenvalue weighted by molar-refractivity contribution is 0.0992. The minimum atomic E-state index is -3.60. The van der Waals surface area contributed by atoms with E-state index < -0.39 is 15.6 Å². The molecule has 27 heavy (non-hydrogen) atoms. The van der Waals surface area contributed by atoms with Crippen LogP contribution in [0, 0.1) is 0 Å². The summed E-state index contributed by atoms with van der Waals surface area (Å²) in [4.78, 5) is 4.56. The lowest BCUT2D eigenvalue weighted by atomic mass is 9.96. The summed E-state index contributed by atoms with van der Waals surface area (Å²) in [5, 5.41) is 6.65. The van der Waals surface area contributed by atoms with E-state index in [-0.39, 0.29) is 17.0 Å². The Morgan fingerprint density at radius 2 is 2.00 bits per heavy atom. The number of rotatable bonds is 5. The van der Waals surface area contributed by atoms with E-state index in [0.717, 1.165) is 19.3 Å². The molecule has 2 heterocycles. The summed E-state index contributed by atoms with van der Waals surface area (Å²) in [6, 6.07) is 7.29. The van der Waals surface area contributed by atoms with Crippen LogP contribution in [0.15, 0.2) is 34.2 Å². The lowest BCUT2D eigenvalue weighted by Gasteiger charge is -2.24. The summed E-state index contributed by atoms with van der Waals surface area (Å²) in [5.41, 5.74) is 0.153. The third kappa shape index (κ3) is 5.00. The molecular formula is C19H30N4O3S. The van der Waals surface area contributed by atoms with Gasteiger partial charge in [-0.05, 0) is 51.7 Å². The largest absolute Gasteiger partial charge is 0.373 e. The first-order chi connectivity index (χ1) is 12.7. The average Bonchev–Trinajstić information content (AvgIpc) is 3.19. The minimum Gasteiger partial charge on any atom is -0.373 e. The number of aliphatic imine (C=N–C) groups is 1. The van der Waals surface area contributed by atoms with Gasteiger partial charge in [-0.25, -0.2) is 13.1 Å². The zero-order valence-corrected chi connectivity index (χ0v) is 17.3. The highest BCUT2D eigenvalue weighted by Gasteiger charge is 2.41. The van der Waals surface area contributed by atoms with Crippen LogP contribution in [0.2, 0.25) is 0 Å². The normalized spacial score (nSPS) is 25.6. The molecule has 2 fully saturated rings. The Balaban J connectivity index is 1.67. The number of benzene rings is 1. The summed E-state index contributed by atoms with van der Waals surface area (Å²) in [5.74, 6) is 0.659. The van der Waals surface area contributed by atoms with E-state index in [1.54, 1.807) is 19.2 Å². The van der Waals surface area contributed by atoms with Crippen molar-refractivity contribution in [3.63, 3.8) is 0 Å². The van der Waals surface area contributed by atoms with Gasteiger partial charge in [0.15, 0.2) is 5.96 Å². The number of hydrogen-bond acceptors (Lipinski definition) is 4. The molecule has 2 aliphatic heterocycles. The molecule has 8 heteroatoms. The second-order valence-corrected chi connectivity index (χ2v) is 9.90. The van der Waals surface area contributed by atoms with Crippen LogP contribution >= 0.6 is 0 Å². The van der Waals surface area contributed by atoms with Crippen molar-refractivity contribution in [2.75, 3.05) is 7.05 Å². The molecule has 0 amide bonds. The predicted octanol–water partition coefficient (Wildman–Crippen LogP) is 1.75. The molecule has 0 spiro atoms. The van der Waals surface area contributed by atoms with Crippen molar-refractivity contribution in [3.05, 3.63) is 29.8 Å². The van der Waals surface area contributed by atoms with Gasteiger partial charge in [-0.2, -0.15) is 0 Å². The van der Waals surface area contributed by atoms with E-state index in [1.165, 1.54) is 0 Å². The summed E-state index contributed by atoms with van der Waals surface area (Å²) in [7, 11) is -1.89. The summed E-state index contributed by atoms with van der Waals surface area (Å²) >= 11 is 0. The maximum Gasteiger partial charge on any atom is 0.241 e. The second-order valence-electron chi connectivity index (χ2n) is 8.25.